The van der Waals surface area contributed by atoms with Crippen molar-refractivity contribution in [2.45, 2.75) is 19.4 Å². The van der Waals surface area contributed by atoms with E-state index in [2.05, 4.69) is 15.3 Å². The third-order valence-electron chi connectivity index (χ3n) is 3.77. The molecule has 1 amide bonds. The van der Waals surface area contributed by atoms with E-state index in [0.717, 1.165) is 22.2 Å². The van der Waals surface area contributed by atoms with Crippen LogP contribution in [-0.4, -0.2) is 47.5 Å². The van der Waals surface area contributed by atoms with Crippen molar-refractivity contribution in [2.24, 2.45) is 0 Å². The smallest absolute Gasteiger partial charge is 0.228 e. The lowest BCUT2D eigenvalue weighted by atomic mass is 10.1. The summed E-state index contributed by atoms with van der Waals surface area (Å²) in [6.07, 6.45) is 0.166. The lowest BCUT2D eigenvalue weighted by molar-refractivity contribution is -0.138. The molecule has 0 bridgehead atoms. The molecule has 0 radical (unpaired) electrons. The van der Waals surface area contributed by atoms with Crippen molar-refractivity contribution in [2.75, 3.05) is 32.1 Å². The van der Waals surface area contributed by atoms with Crippen LogP contribution >= 0.6 is 11.3 Å². The zero-order valence-electron chi connectivity index (χ0n) is 13.3. The Hall–Kier alpha value is -1.99. The number of anilines is 1. The van der Waals surface area contributed by atoms with E-state index in [-0.39, 0.29) is 12.0 Å². The third-order valence-corrected chi connectivity index (χ3v) is 4.60. The quantitative estimate of drug-likeness (QED) is 0.928. The van der Waals surface area contributed by atoms with Gasteiger partial charge in [-0.1, -0.05) is 6.07 Å². The first-order valence-corrected chi connectivity index (χ1v) is 8.49. The number of aromatic nitrogens is 2. The molecule has 6 nitrogen and oxygen atoms in total. The van der Waals surface area contributed by atoms with Gasteiger partial charge in [0.05, 0.1) is 36.0 Å². The van der Waals surface area contributed by atoms with E-state index in [0.29, 0.717) is 26.1 Å². The van der Waals surface area contributed by atoms with Gasteiger partial charge in [0.15, 0.2) is 0 Å². The molecular weight excluding hydrogens is 312 g/mol. The third kappa shape index (κ3) is 3.86. The van der Waals surface area contributed by atoms with E-state index >= 15 is 0 Å². The van der Waals surface area contributed by atoms with E-state index in [1.165, 1.54) is 0 Å². The highest BCUT2D eigenvalue weighted by atomic mass is 32.1. The number of amides is 1. The number of hydrogen-bond donors (Lipinski definition) is 1. The van der Waals surface area contributed by atoms with E-state index in [4.69, 9.17) is 4.74 Å². The largest absolute Gasteiger partial charge is 0.373 e. The Labute approximate surface area is 139 Å². The molecule has 2 aromatic heterocycles. The van der Waals surface area contributed by atoms with Crippen molar-refractivity contribution in [1.29, 1.82) is 0 Å². The van der Waals surface area contributed by atoms with Crippen molar-refractivity contribution in [1.82, 2.24) is 14.9 Å². The molecule has 0 aromatic carbocycles. The van der Waals surface area contributed by atoms with E-state index in [1.807, 2.05) is 42.5 Å². The number of carbonyl (C=O) groups is 1. The molecule has 0 spiro atoms. The molecule has 1 N–H and O–H groups in total. The Morgan fingerprint density at radius 1 is 1.48 bits per heavy atom. The van der Waals surface area contributed by atoms with Crippen LogP contribution < -0.4 is 5.32 Å². The fourth-order valence-corrected chi connectivity index (χ4v) is 3.19. The number of nitrogens with one attached hydrogen (secondary N) is 1. The maximum absolute atomic E-state index is 12.5. The van der Waals surface area contributed by atoms with Gasteiger partial charge in [-0.2, -0.15) is 0 Å². The van der Waals surface area contributed by atoms with E-state index in [9.17, 15) is 4.79 Å². The van der Waals surface area contributed by atoms with Crippen LogP contribution in [0.2, 0.25) is 0 Å². The molecule has 7 heteroatoms. The normalized spacial score (nSPS) is 18.0. The number of hydrogen-bond acceptors (Lipinski definition) is 6. The summed E-state index contributed by atoms with van der Waals surface area (Å²) < 4.78 is 5.80. The van der Waals surface area contributed by atoms with Crippen LogP contribution in [0.4, 0.5) is 5.82 Å². The Bertz CT molecular complexity index is 688. The first-order chi connectivity index (χ1) is 11.2. The van der Waals surface area contributed by atoms with Gasteiger partial charge >= 0.3 is 0 Å². The monoisotopic (exact) mass is 332 g/mol. The predicted molar refractivity (Wildman–Crippen MR) is 89.6 cm³/mol. The summed E-state index contributed by atoms with van der Waals surface area (Å²) in [7, 11) is 1.83. The average molecular weight is 332 g/mol. The maximum Gasteiger partial charge on any atom is 0.228 e. The standard InChI is InChI=1S/C16H20N4O2S/c1-11-18-12(10-23-11)8-16(21)20-6-7-22-14(9-20)13-4-3-5-15(17-2)19-13/h3-5,10,14H,6-9H2,1-2H3,(H,17,19)/t14-/m1/s1. The predicted octanol–water partition coefficient (Wildman–Crippen LogP) is 2.03. The van der Waals surface area contributed by atoms with Gasteiger partial charge in [0.25, 0.3) is 0 Å². The highest BCUT2D eigenvalue weighted by Gasteiger charge is 2.26. The van der Waals surface area contributed by atoms with Crippen molar-refractivity contribution in [3.05, 3.63) is 40.0 Å². The number of rotatable bonds is 4. The SMILES string of the molecule is CNc1cccc([C@H]2CN(C(=O)Cc3csc(C)n3)CCO2)n1. The zero-order chi connectivity index (χ0) is 16.2. The minimum Gasteiger partial charge on any atom is -0.373 e. The highest BCUT2D eigenvalue weighted by Crippen LogP contribution is 2.22. The summed E-state index contributed by atoms with van der Waals surface area (Å²) in [4.78, 5) is 23.2. The first kappa shape index (κ1) is 15.9. The van der Waals surface area contributed by atoms with Crippen molar-refractivity contribution in [3.8, 4) is 0 Å². The Kier molecular flexibility index (Phi) is 4.88. The fourth-order valence-electron chi connectivity index (χ4n) is 2.58. The molecule has 0 saturated carbocycles. The summed E-state index contributed by atoms with van der Waals surface area (Å²) in [6, 6.07) is 5.78. The number of morpholine rings is 1. The molecule has 122 valence electrons. The van der Waals surface area contributed by atoms with Crippen LogP contribution in [0.25, 0.3) is 0 Å². The average Bonchev–Trinajstić information content (AvgIpc) is 3.00. The number of aryl methyl sites for hydroxylation is 1. The number of nitrogens with zero attached hydrogens (tertiary/aromatic N) is 3. The Morgan fingerprint density at radius 2 is 2.35 bits per heavy atom. The van der Waals surface area contributed by atoms with Crippen LogP contribution in [0.1, 0.15) is 22.5 Å². The van der Waals surface area contributed by atoms with Gasteiger partial charge in [0.1, 0.15) is 11.9 Å². The summed E-state index contributed by atoms with van der Waals surface area (Å²) >= 11 is 1.57. The zero-order valence-corrected chi connectivity index (χ0v) is 14.1. The molecule has 0 aliphatic carbocycles. The molecule has 1 aliphatic heterocycles. The molecule has 1 saturated heterocycles. The van der Waals surface area contributed by atoms with Crippen LogP contribution in [-0.2, 0) is 16.0 Å². The van der Waals surface area contributed by atoms with Gasteiger partial charge in [-0.25, -0.2) is 9.97 Å². The first-order valence-electron chi connectivity index (χ1n) is 7.61. The highest BCUT2D eigenvalue weighted by molar-refractivity contribution is 7.09. The minimum absolute atomic E-state index is 0.0911. The fraction of sp³-hybridized carbons (Fsp3) is 0.438. The second kappa shape index (κ2) is 7.06. The Morgan fingerprint density at radius 3 is 3.09 bits per heavy atom. The van der Waals surface area contributed by atoms with E-state index < -0.39 is 0 Å². The topological polar surface area (TPSA) is 67.4 Å². The second-order valence-electron chi connectivity index (χ2n) is 5.43. The molecule has 1 aliphatic rings. The second-order valence-corrected chi connectivity index (χ2v) is 6.49. The lowest BCUT2D eigenvalue weighted by Crippen LogP contribution is -2.43. The molecule has 1 fully saturated rings. The maximum atomic E-state index is 12.5. The summed E-state index contributed by atoms with van der Waals surface area (Å²) in [6.45, 7) is 3.62. The van der Waals surface area contributed by atoms with Gasteiger partial charge in [-0.15, -0.1) is 11.3 Å². The van der Waals surface area contributed by atoms with Crippen molar-refractivity contribution >= 4 is 23.1 Å². The summed E-state index contributed by atoms with van der Waals surface area (Å²) in [5.74, 6) is 0.890. The number of thiazole rings is 1. The van der Waals surface area contributed by atoms with Crippen LogP contribution in [0.3, 0.4) is 0 Å². The number of pyridine rings is 1. The minimum atomic E-state index is -0.182. The lowest BCUT2D eigenvalue weighted by Gasteiger charge is -2.32. The van der Waals surface area contributed by atoms with Gasteiger partial charge < -0.3 is 15.0 Å². The number of ether oxygens (including phenoxy) is 1. The number of carbonyl (C=O) groups excluding carboxylic acids is 1. The van der Waals surface area contributed by atoms with E-state index in [1.54, 1.807) is 11.3 Å². The van der Waals surface area contributed by atoms with Crippen LogP contribution in [0, 0.1) is 6.92 Å². The van der Waals surface area contributed by atoms with Crippen LogP contribution in [0.15, 0.2) is 23.6 Å². The Balaban J connectivity index is 1.66. The molecule has 3 rings (SSSR count). The molecule has 1 atom stereocenters. The summed E-state index contributed by atoms with van der Waals surface area (Å²) in [5.41, 5.74) is 1.69. The molecular formula is C16H20N4O2S. The van der Waals surface area contributed by atoms with Gasteiger partial charge in [-0.3, -0.25) is 4.79 Å². The van der Waals surface area contributed by atoms with Gasteiger partial charge in [0.2, 0.25) is 5.91 Å². The molecule has 3 heterocycles. The summed E-state index contributed by atoms with van der Waals surface area (Å²) in [5, 5.41) is 5.96. The van der Waals surface area contributed by atoms with Gasteiger partial charge in [0, 0.05) is 19.0 Å². The molecule has 0 unspecified atom stereocenters. The molecule has 23 heavy (non-hydrogen) atoms. The van der Waals surface area contributed by atoms with Crippen molar-refractivity contribution < 1.29 is 9.53 Å². The van der Waals surface area contributed by atoms with Crippen LogP contribution in [0.5, 0.6) is 0 Å². The van der Waals surface area contributed by atoms with Gasteiger partial charge in [-0.05, 0) is 19.1 Å². The molecule has 2 aromatic rings. The van der Waals surface area contributed by atoms with Crippen molar-refractivity contribution in [3.63, 3.8) is 0 Å².